The summed E-state index contributed by atoms with van der Waals surface area (Å²) in [5.41, 5.74) is 2.11. The van der Waals surface area contributed by atoms with Crippen LogP contribution >= 0.6 is 0 Å². The minimum absolute atomic E-state index is 0.0805. The fraction of sp³-hybridized carbons (Fsp3) is 0.909. The van der Waals surface area contributed by atoms with Gasteiger partial charge < -0.3 is 10.2 Å². The molecule has 24 heavy (non-hydrogen) atoms. The van der Waals surface area contributed by atoms with Gasteiger partial charge in [-0.3, -0.25) is 0 Å². The molecule has 0 aliphatic heterocycles. The summed E-state index contributed by atoms with van der Waals surface area (Å²) in [5, 5.41) is 20.8. The van der Waals surface area contributed by atoms with Crippen molar-refractivity contribution in [3.05, 3.63) is 11.6 Å². The zero-order valence-corrected chi connectivity index (χ0v) is 15.8. The average molecular weight is 333 g/mol. The molecule has 0 heterocycles. The molecule has 4 aliphatic carbocycles. The van der Waals surface area contributed by atoms with Crippen molar-refractivity contribution in [2.45, 2.75) is 90.8 Å². The van der Waals surface area contributed by atoms with E-state index in [2.05, 4.69) is 26.8 Å². The van der Waals surface area contributed by atoms with Gasteiger partial charge in [-0.1, -0.05) is 32.4 Å². The maximum Gasteiger partial charge on any atom is 0.0596 e. The van der Waals surface area contributed by atoms with Crippen LogP contribution in [-0.4, -0.2) is 22.4 Å². The Balaban J connectivity index is 1.71. The first-order valence-electron chi connectivity index (χ1n) is 10.4. The number of aliphatic hydroxyl groups excluding tert-OH is 2. The fourth-order valence-electron chi connectivity index (χ4n) is 7.52. The molecule has 4 rings (SSSR count). The molecule has 4 unspecified atom stereocenters. The minimum Gasteiger partial charge on any atom is -0.393 e. The highest BCUT2D eigenvalue weighted by Crippen LogP contribution is 2.66. The Morgan fingerprint density at radius 2 is 1.88 bits per heavy atom. The van der Waals surface area contributed by atoms with Crippen LogP contribution in [0.25, 0.3) is 0 Å². The van der Waals surface area contributed by atoms with E-state index in [1.807, 2.05) is 0 Å². The summed E-state index contributed by atoms with van der Waals surface area (Å²) in [6, 6.07) is 0. The molecule has 2 heteroatoms. The van der Waals surface area contributed by atoms with Crippen LogP contribution < -0.4 is 0 Å². The maximum atomic E-state index is 10.6. The number of rotatable bonds is 2. The Morgan fingerprint density at radius 3 is 2.62 bits per heavy atom. The Bertz CT molecular complexity index is 524. The van der Waals surface area contributed by atoms with E-state index in [-0.39, 0.29) is 17.6 Å². The van der Waals surface area contributed by atoms with Crippen molar-refractivity contribution in [3.8, 4) is 0 Å². The van der Waals surface area contributed by atoms with Crippen LogP contribution in [0.3, 0.4) is 0 Å². The van der Waals surface area contributed by atoms with Crippen LogP contribution in [0.4, 0.5) is 0 Å². The second-order valence-electron chi connectivity index (χ2n) is 10.1. The lowest BCUT2D eigenvalue weighted by atomic mass is 9.46. The largest absolute Gasteiger partial charge is 0.393 e. The van der Waals surface area contributed by atoms with Gasteiger partial charge in [-0.2, -0.15) is 0 Å². The first-order valence-corrected chi connectivity index (χ1v) is 10.4. The lowest BCUT2D eigenvalue weighted by molar-refractivity contribution is -0.0808. The zero-order valence-electron chi connectivity index (χ0n) is 15.8. The molecule has 7 atom stereocenters. The SMILES string of the molecule is CC(C)CC12CC[C@H](O)CC1=CCC1C2CC[C@@]2(C)C1CC[C@@H]2O. The monoisotopic (exact) mass is 332 g/mol. The molecule has 0 amide bonds. The van der Waals surface area contributed by atoms with Gasteiger partial charge in [-0.15, -0.1) is 0 Å². The summed E-state index contributed by atoms with van der Waals surface area (Å²) < 4.78 is 0. The van der Waals surface area contributed by atoms with Gasteiger partial charge >= 0.3 is 0 Å². The highest BCUT2D eigenvalue weighted by Gasteiger charge is 2.59. The van der Waals surface area contributed by atoms with Crippen LogP contribution in [0.2, 0.25) is 0 Å². The molecule has 0 radical (unpaired) electrons. The van der Waals surface area contributed by atoms with Gasteiger partial charge in [0, 0.05) is 0 Å². The average Bonchev–Trinajstić information content (AvgIpc) is 2.83. The van der Waals surface area contributed by atoms with Crippen LogP contribution in [0.1, 0.15) is 78.6 Å². The van der Waals surface area contributed by atoms with Gasteiger partial charge in [0.1, 0.15) is 0 Å². The van der Waals surface area contributed by atoms with Crippen LogP contribution in [-0.2, 0) is 0 Å². The normalized spacial score (nSPS) is 50.9. The third-order valence-electron chi connectivity index (χ3n) is 8.52. The highest BCUT2D eigenvalue weighted by molar-refractivity contribution is 5.26. The number of aliphatic hydroxyl groups is 2. The number of allylic oxidation sites excluding steroid dienone is 1. The molecule has 4 aliphatic rings. The van der Waals surface area contributed by atoms with Crippen molar-refractivity contribution in [3.63, 3.8) is 0 Å². The lowest BCUT2D eigenvalue weighted by Crippen LogP contribution is -2.52. The summed E-state index contributed by atoms with van der Waals surface area (Å²) in [6.45, 7) is 7.10. The predicted molar refractivity (Wildman–Crippen MR) is 97.5 cm³/mol. The molecule has 2 nitrogen and oxygen atoms in total. The first kappa shape index (κ1) is 17.1. The van der Waals surface area contributed by atoms with E-state index in [1.165, 1.54) is 38.5 Å². The number of hydrogen-bond donors (Lipinski definition) is 2. The first-order chi connectivity index (χ1) is 11.4. The van der Waals surface area contributed by atoms with Crippen molar-refractivity contribution in [1.29, 1.82) is 0 Å². The quantitative estimate of drug-likeness (QED) is 0.720. The lowest BCUT2D eigenvalue weighted by Gasteiger charge is -2.59. The molecule has 136 valence electrons. The molecule has 0 aromatic rings. The van der Waals surface area contributed by atoms with E-state index in [0.717, 1.165) is 31.1 Å². The molecule has 0 aromatic carbocycles. The van der Waals surface area contributed by atoms with Gasteiger partial charge in [-0.25, -0.2) is 0 Å². The van der Waals surface area contributed by atoms with Crippen molar-refractivity contribution < 1.29 is 10.2 Å². The Hall–Kier alpha value is -0.340. The van der Waals surface area contributed by atoms with Gasteiger partial charge in [0.15, 0.2) is 0 Å². The third kappa shape index (κ3) is 2.35. The molecule has 0 aromatic heterocycles. The van der Waals surface area contributed by atoms with E-state index in [1.54, 1.807) is 5.57 Å². The summed E-state index contributed by atoms with van der Waals surface area (Å²) in [7, 11) is 0. The second-order valence-corrected chi connectivity index (χ2v) is 10.1. The third-order valence-corrected chi connectivity index (χ3v) is 8.52. The second kappa shape index (κ2) is 5.84. The van der Waals surface area contributed by atoms with Gasteiger partial charge in [0.2, 0.25) is 0 Å². The molecule has 2 N–H and O–H groups in total. The van der Waals surface area contributed by atoms with E-state index in [0.29, 0.717) is 17.3 Å². The van der Waals surface area contributed by atoms with E-state index < -0.39 is 0 Å². The topological polar surface area (TPSA) is 40.5 Å². The van der Waals surface area contributed by atoms with Gasteiger partial charge in [0.05, 0.1) is 12.2 Å². The van der Waals surface area contributed by atoms with Crippen molar-refractivity contribution in [1.82, 2.24) is 0 Å². The summed E-state index contributed by atoms with van der Waals surface area (Å²) in [6.07, 6.45) is 12.6. The Morgan fingerprint density at radius 1 is 1.08 bits per heavy atom. The maximum absolute atomic E-state index is 10.6. The molecular weight excluding hydrogens is 296 g/mol. The molecule has 0 saturated heterocycles. The van der Waals surface area contributed by atoms with Gasteiger partial charge in [-0.05, 0) is 92.3 Å². The standard InChI is InChI=1S/C22H36O2/c1-14(2)13-22-11-8-16(23)12-15(22)4-5-17-18-6-7-20(24)21(18,3)10-9-19(17)22/h4,14,16-20,23-24H,5-13H2,1-3H3/t16-,17?,18?,19?,20-,21-,22?/m0/s1. The summed E-state index contributed by atoms with van der Waals surface area (Å²) in [5.74, 6) is 2.97. The van der Waals surface area contributed by atoms with Crippen molar-refractivity contribution in [2.75, 3.05) is 0 Å². The van der Waals surface area contributed by atoms with E-state index in [9.17, 15) is 10.2 Å². The fourth-order valence-corrected chi connectivity index (χ4v) is 7.52. The van der Waals surface area contributed by atoms with Crippen LogP contribution in [0.5, 0.6) is 0 Å². The van der Waals surface area contributed by atoms with Crippen LogP contribution in [0, 0.1) is 34.5 Å². The number of hydrogen-bond acceptors (Lipinski definition) is 2. The van der Waals surface area contributed by atoms with Gasteiger partial charge in [0.25, 0.3) is 0 Å². The highest BCUT2D eigenvalue weighted by atomic mass is 16.3. The molecular formula is C22H36O2. The predicted octanol–water partition coefficient (Wildman–Crippen LogP) is 4.70. The smallest absolute Gasteiger partial charge is 0.0596 e. The van der Waals surface area contributed by atoms with Crippen molar-refractivity contribution in [2.24, 2.45) is 34.5 Å². The summed E-state index contributed by atoms with van der Waals surface area (Å²) in [4.78, 5) is 0. The van der Waals surface area contributed by atoms with E-state index >= 15 is 0 Å². The molecule has 3 fully saturated rings. The van der Waals surface area contributed by atoms with E-state index in [4.69, 9.17) is 0 Å². The van der Waals surface area contributed by atoms with Crippen molar-refractivity contribution >= 4 is 0 Å². The minimum atomic E-state index is -0.116. The van der Waals surface area contributed by atoms with Crippen LogP contribution in [0.15, 0.2) is 11.6 Å². The molecule has 0 bridgehead atoms. The molecule has 3 saturated carbocycles. The number of fused-ring (bicyclic) bond motifs is 5. The summed E-state index contributed by atoms with van der Waals surface area (Å²) >= 11 is 0. The zero-order chi connectivity index (χ0) is 17.1. The Labute approximate surface area is 147 Å². The molecule has 0 spiro atoms. The Kier molecular flexibility index (Phi) is 4.16.